The lowest BCUT2D eigenvalue weighted by atomic mass is 10.0. The van der Waals surface area contributed by atoms with Crippen LogP contribution in [0.4, 0.5) is 29.1 Å². The quantitative estimate of drug-likeness (QED) is 0.314. The zero-order valence-electron chi connectivity index (χ0n) is 19.4. The molecule has 1 atom stereocenters. The number of ether oxygens (including phenoxy) is 1. The lowest BCUT2D eigenvalue weighted by Gasteiger charge is -2.27. The zero-order valence-corrected chi connectivity index (χ0v) is 20.9. The van der Waals surface area contributed by atoms with Crippen LogP contribution in [-0.2, 0) is 15.7 Å². The van der Waals surface area contributed by atoms with Crippen molar-refractivity contribution in [3.8, 4) is 11.4 Å². The maximum atomic E-state index is 14.9. The number of carbonyl (C=O) groups excluding carboxylic acids is 2. The molecule has 194 valence electrons. The van der Waals surface area contributed by atoms with Crippen LogP contribution in [-0.4, -0.2) is 46.0 Å². The summed E-state index contributed by atoms with van der Waals surface area (Å²) in [5.74, 6) is -2.73. The van der Waals surface area contributed by atoms with Crippen molar-refractivity contribution >= 4 is 39.3 Å². The van der Waals surface area contributed by atoms with E-state index in [4.69, 9.17) is 4.74 Å². The molecule has 0 saturated carbocycles. The minimum atomic E-state index is -4.90. The number of esters is 1. The first-order valence-electron chi connectivity index (χ1n) is 11.1. The lowest BCUT2D eigenvalue weighted by molar-refractivity contribution is -0.141. The predicted molar refractivity (Wildman–Crippen MR) is 129 cm³/mol. The van der Waals surface area contributed by atoms with Crippen LogP contribution in [0.25, 0.3) is 11.4 Å². The van der Waals surface area contributed by atoms with Gasteiger partial charge in [0.25, 0.3) is 5.91 Å². The van der Waals surface area contributed by atoms with Gasteiger partial charge in [-0.2, -0.15) is 13.2 Å². The Morgan fingerprint density at radius 2 is 1.92 bits per heavy atom. The second kappa shape index (κ2) is 10.8. The van der Waals surface area contributed by atoms with E-state index >= 15 is 0 Å². The molecule has 8 nitrogen and oxygen atoms in total. The molecular formula is C24H20BrF4N5O3. The third-order valence-corrected chi connectivity index (χ3v) is 6.11. The summed E-state index contributed by atoms with van der Waals surface area (Å²) in [6.07, 6.45) is 0.590. The molecule has 1 aromatic carbocycles. The molecule has 1 aliphatic rings. The van der Waals surface area contributed by atoms with E-state index in [-0.39, 0.29) is 30.2 Å². The fourth-order valence-electron chi connectivity index (χ4n) is 4.05. The molecule has 1 saturated heterocycles. The largest absolute Gasteiger partial charge is 0.464 e. The van der Waals surface area contributed by atoms with Gasteiger partial charge in [-0.05, 0) is 53.0 Å². The molecular weight excluding hydrogens is 562 g/mol. The average Bonchev–Trinajstić information content (AvgIpc) is 3.31. The third-order valence-electron chi connectivity index (χ3n) is 5.67. The Kier molecular flexibility index (Phi) is 7.71. The second-order valence-electron chi connectivity index (χ2n) is 8.22. The normalized spacial score (nSPS) is 15.5. The molecule has 1 amide bonds. The topological polar surface area (TPSA) is 97.3 Å². The first-order chi connectivity index (χ1) is 17.5. The molecule has 3 heterocycles. The van der Waals surface area contributed by atoms with Gasteiger partial charge in [-0.15, -0.1) is 0 Å². The maximum Gasteiger partial charge on any atom is 0.417 e. The fraction of sp³-hybridized carbons (Fsp3) is 0.292. The lowest BCUT2D eigenvalue weighted by Crippen LogP contribution is -2.35. The fourth-order valence-corrected chi connectivity index (χ4v) is 4.38. The van der Waals surface area contributed by atoms with Gasteiger partial charge in [-0.25, -0.2) is 19.3 Å². The molecule has 1 N–H and O–H groups in total. The summed E-state index contributed by atoms with van der Waals surface area (Å²) in [5.41, 5.74) is -2.26. The minimum absolute atomic E-state index is 0.119. The summed E-state index contributed by atoms with van der Waals surface area (Å²) in [7, 11) is 0. The third kappa shape index (κ3) is 6.04. The van der Waals surface area contributed by atoms with Crippen LogP contribution < -0.4 is 10.2 Å². The highest BCUT2D eigenvalue weighted by atomic mass is 79.9. The van der Waals surface area contributed by atoms with E-state index in [1.165, 1.54) is 31.6 Å². The number of hydrogen-bond acceptors (Lipinski definition) is 7. The minimum Gasteiger partial charge on any atom is -0.464 e. The van der Waals surface area contributed by atoms with Crippen molar-refractivity contribution in [2.24, 2.45) is 0 Å². The van der Waals surface area contributed by atoms with Crippen molar-refractivity contribution in [1.82, 2.24) is 15.0 Å². The number of pyridine rings is 1. The van der Waals surface area contributed by atoms with Gasteiger partial charge in [0.05, 0.1) is 22.9 Å². The van der Waals surface area contributed by atoms with E-state index in [1.54, 1.807) is 6.07 Å². The Morgan fingerprint density at radius 1 is 1.19 bits per heavy atom. The molecule has 0 radical (unpaired) electrons. The van der Waals surface area contributed by atoms with Crippen LogP contribution in [0, 0.1) is 5.82 Å². The standard InChI is InChI=1S/C24H20BrF4N5O3/c1-13(35)37-12-15-4-2-7-34(15)22-20(8-14(25)11-32-22)33-23(36)17-9-16(21-30-5-3-6-31-21)18(10-19(17)26)24(27,28)29/h3,5-6,8-11,15H,2,4,7,12H2,1H3,(H,33,36). The molecule has 13 heteroatoms. The first-order valence-corrected chi connectivity index (χ1v) is 11.9. The Hall–Kier alpha value is -3.61. The van der Waals surface area contributed by atoms with Crippen molar-refractivity contribution < 1.29 is 31.9 Å². The molecule has 3 aromatic rings. The summed E-state index contributed by atoms with van der Waals surface area (Å²) in [5, 5.41) is 2.56. The smallest absolute Gasteiger partial charge is 0.417 e. The number of alkyl halides is 3. The number of carbonyl (C=O) groups is 2. The van der Waals surface area contributed by atoms with Gasteiger partial charge in [0.15, 0.2) is 11.6 Å². The number of halogens is 5. The molecule has 1 unspecified atom stereocenters. The Morgan fingerprint density at radius 3 is 2.59 bits per heavy atom. The Bertz CT molecular complexity index is 1320. The Labute approximate surface area is 217 Å². The van der Waals surface area contributed by atoms with Gasteiger partial charge in [0, 0.05) is 42.1 Å². The molecule has 0 aliphatic carbocycles. The van der Waals surface area contributed by atoms with E-state index < -0.39 is 40.6 Å². The van der Waals surface area contributed by atoms with Gasteiger partial charge < -0.3 is 15.0 Å². The summed E-state index contributed by atoms with van der Waals surface area (Å²) < 4.78 is 61.4. The summed E-state index contributed by atoms with van der Waals surface area (Å²) in [6, 6.07) is 3.81. The van der Waals surface area contributed by atoms with Crippen LogP contribution in [0.5, 0.6) is 0 Å². The van der Waals surface area contributed by atoms with Crippen LogP contribution >= 0.6 is 15.9 Å². The number of amides is 1. The second-order valence-corrected chi connectivity index (χ2v) is 9.13. The summed E-state index contributed by atoms with van der Waals surface area (Å²) in [4.78, 5) is 38.3. The summed E-state index contributed by atoms with van der Waals surface area (Å²) >= 11 is 3.29. The number of nitrogens with one attached hydrogen (secondary N) is 1. The highest BCUT2D eigenvalue weighted by molar-refractivity contribution is 9.10. The van der Waals surface area contributed by atoms with Gasteiger partial charge in [0.1, 0.15) is 12.4 Å². The van der Waals surface area contributed by atoms with Crippen molar-refractivity contribution in [2.75, 3.05) is 23.4 Å². The SMILES string of the molecule is CC(=O)OCC1CCCN1c1ncc(Br)cc1NC(=O)c1cc(-c2ncccn2)c(C(F)(F)F)cc1F. The van der Waals surface area contributed by atoms with E-state index in [0.29, 0.717) is 23.3 Å². The van der Waals surface area contributed by atoms with Gasteiger partial charge in [0.2, 0.25) is 0 Å². The van der Waals surface area contributed by atoms with Crippen molar-refractivity contribution in [3.05, 3.63) is 64.3 Å². The van der Waals surface area contributed by atoms with Gasteiger partial charge in [-0.3, -0.25) is 9.59 Å². The molecule has 0 spiro atoms. The van der Waals surface area contributed by atoms with E-state index in [2.05, 4.69) is 36.2 Å². The average molecular weight is 582 g/mol. The molecule has 2 aromatic heterocycles. The van der Waals surface area contributed by atoms with Crippen molar-refractivity contribution in [2.45, 2.75) is 32.0 Å². The highest BCUT2D eigenvalue weighted by Gasteiger charge is 2.36. The number of benzene rings is 1. The number of rotatable bonds is 6. The van der Waals surface area contributed by atoms with Crippen LogP contribution in [0.1, 0.15) is 35.7 Å². The van der Waals surface area contributed by atoms with E-state index in [1.807, 2.05) is 4.90 Å². The molecule has 37 heavy (non-hydrogen) atoms. The van der Waals surface area contributed by atoms with Crippen LogP contribution in [0.15, 0.2) is 47.3 Å². The summed E-state index contributed by atoms with van der Waals surface area (Å²) in [6.45, 7) is 1.98. The number of anilines is 2. The maximum absolute atomic E-state index is 14.9. The number of hydrogen-bond donors (Lipinski definition) is 1. The van der Waals surface area contributed by atoms with Gasteiger partial charge >= 0.3 is 12.1 Å². The predicted octanol–water partition coefficient (Wildman–Crippen LogP) is 5.24. The molecule has 4 rings (SSSR count). The number of aromatic nitrogens is 3. The van der Waals surface area contributed by atoms with E-state index in [0.717, 1.165) is 12.5 Å². The highest BCUT2D eigenvalue weighted by Crippen LogP contribution is 2.38. The van der Waals surface area contributed by atoms with Gasteiger partial charge in [-0.1, -0.05) is 0 Å². The van der Waals surface area contributed by atoms with E-state index in [9.17, 15) is 27.2 Å². The number of nitrogens with zero attached hydrogens (tertiary/aromatic N) is 4. The monoisotopic (exact) mass is 581 g/mol. The Balaban J connectivity index is 1.70. The molecule has 1 aliphatic heterocycles. The van der Waals surface area contributed by atoms with Crippen LogP contribution in [0.2, 0.25) is 0 Å². The first kappa shape index (κ1) is 26.5. The van der Waals surface area contributed by atoms with Crippen LogP contribution in [0.3, 0.4) is 0 Å². The van der Waals surface area contributed by atoms with Crippen molar-refractivity contribution in [1.29, 1.82) is 0 Å². The molecule has 0 bridgehead atoms. The van der Waals surface area contributed by atoms with Crippen molar-refractivity contribution in [3.63, 3.8) is 0 Å². The zero-order chi connectivity index (χ0) is 26.7. The molecule has 1 fully saturated rings.